The Morgan fingerprint density at radius 3 is 2.24 bits per heavy atom. The van der Waals surface area contributed by atoms with E-state index in [1.54, 1.807) is 7.05 Å². The maximum atomic E-state index is 13.1. The van der Waals surface area contributed by atoms with Crippen molar-refractivity contribution in [1.29, 1.82) is 0 Å². The molecule has 0 N–H and O–H groups in total. The molecule has 0 heterocycles. The molecule has 2 nitrogen and oxygen atoms in total. The standard InChI is InChI=1S/C15H23ClF3NO/c1-20(13-9-5-4-8-12(13)16)14(21)10-6-2-3-7-11(10)15(17,18)19/h10-13H,2-9H2,1H3. The van der Waals surface area contributed by atoms with Crippen molar-refractivity contribution in [3.63, 3.8) is 0 Å². The molecule has 0 saturated heterocycles. The molecule has 0 radical (unpaired) electrons. The maximum absolute atomic E-state index is 13.1. The third-order valence-corrected chi connectivity index (χ3v) is 5.51. The summed E-state index contributed by atoms with van der Waals surface area (Å²) in [6.45, 7) is 0. The summed E-state index contributed by atoms with van der Waals surface area (Å²) in [5, 5.41) is -0.138. The maximum Gasteiger partial charge on any atom is 0.392 e. The molecule has 0 aromatic carbocycles. The van der Waals surface area contributed by atoms with Crippen LogP contribution in [0.3, 0.4) is 0 Å². The lowest BCUT2D eigenvalue weighted by atomic mass is 9.77. The van der Waals surface area contributed by atoms with E-state index in [2.05, 4.69) is 0 Å². The van der Waals surface area contributed by atoms with E-state index in [-0.39, 0.29) is 23.7 Å². The first-order valence-corrected chi connectivity index (χ1v) is 8.23. The van der Waals surface area contributed by atoms with Crippen molar-refractivity contribution in [3.8, 4) is 0 Å². The van der Waals surface area contributed by atoms with Crippen molar-refractivity contribution >= 4 is 17.5 Å². The first kappa shape index (κ1) is 16.9. The van der Waals surface area contributed by atoms with Gasteiger partial charge in [0.1, 0.15) is 0 Å². The Hall–Kier alpha value is -0.450. The molecule has 2 saturated carbocycles. The second-order valence-electron chi connectivity index (χ2n) is 6.36. The van der Waals surface area contributed by atoms with Crippen molar-refractivity contribution in [2.75, 3.05) is 7.05 Å². The fourth-order valence-corrected chi connectivity index (χ4v) is 4.19. The van der Waals surface area contributed by atoms with Crippen LogP contribution in [0.15, 0.2) is 0 Å². The Kier molecular flexibility index (Phi) is 5.44. The largest absolute Gasteiger partial charge is 0.392 e. The van der Waals surface area contributed by atoms with Gasteiger partial charge in [0.15, 0.2) is 0 Å². The number of nitrogens with zero attached hydrogens (tertiary/aromatic N) is 1. The summed E-state index contributed by atoms with van der Waals surface area (Å²) >= 11 is 6.27. The molecule has 0 bridgehead atoms. The van der Waals surface area contributed by atoms with Gasteiger partial charge in [-0.05, 0) is 25.7 Å². The van der Waals surface area contributed by atoms with Gasteiger partial charge in [-0.3, -0.25) is 4.79 Å². The molecule has 2 aliphatic carbocycles. The number of hydrogen-bond acceptors (Lipinski definition) is 1. The molecule has 21 heavy (non-hydrogen) atoms. The van der Waals surface area contributed by atoms with Gasteiger partial charge in [0.25, 0.3) is 0 Å². The van der Waals surface area contributed by atoms with Gasteiger partial charge >= 0.3 is 6.18 Å². The van der Waals surface area contributed by atoms with Crippen molar-refractivity contribution in [1.82, 2.24) is 4.90 Å². The van der Waals surface area contributed by atoms with E-state index in [1.165, 1.54) is 4.90 Å². The van der Waals surface area contributed by atoms with Crippen LogP contribution < -0.4 is 0 Å². The summed E-state index contributed by atoms with van der Waals surface area (Å²) in [5.41, 5.74) is 0. The monoisotopic (exact) mass is 325 g/mol. The fraction of sp³-hybridized carbons (Fsp3) is 0.933. The molecule has 4 atom stereocenters. The lowest BCUT2D eigenvalue weighted by Crippen LogP contribution is -2.50. The van der Waals surface area contributed by atoms with E-state index in [0.717, 1.165) is 25.7 Å². The zero-order valence-electron chi connectivity index (χ0n) is 12.3. The zero-order chi connectivity index (χ0) is 15.6. The van der Waals surface area contributed by atoms with E-state index in [9.17, 15) is 18.0 Å². The average Bonchev–Trinajstić information content (AvgIpc) is 2.45. The van der Waals surface area contributed by atoms with E-state index in [1.807, 2.05) is 0 Å². The van der Waals surface area contributed by atoms with Crippen molar-refractivity contribution in [3.05, 3.63) is 0 Å². The van der Waals surface area contributed by atoms with Crippen LogP contribution in [0.1, 0.15) is 51.4 Å². The van der Waals surface area contributed by atoms with Crippen LogP contribution in [0.4, 0.5) is 13.2 Å². The molecule has 6 heteroatoms. The van der Waals surface area contributed by atoms with Crippen LogP contribution in [0.25, 0.3) is 0 Å². The minimum atomic E-state index is -4.28. The summed E-state index contributed by atoms with van der Waals surface area (Å²) in [7, 11) is 1.62. The molecule has 0 aromatic heterocycles. The van der Waals surface area contributed by atoms with Gasteiger partial charge < -0.3 is 4.90 Å². The minimum Gasteiger partial charge on any atom is -0.341 e. The van der Waals surface area contributed by atoms with E-state index >= 15 is 0 Å². The third kappa shape index (κ3) is 3.85. The zero-order valence-corrected chi connectivity index (χ0v) is 13.1. The molecule has 2 aliphatic rings. The quantitative estimate of drug-likeness (QED) is 0.691. The highest BCUT2D eigenvalue weighted by Crippen LogP contribution is 2.42. The van der Waals surface area contributed by atoms with Gasteiger partial charge in [0, 0.05) is 19.0 Å². The predicted octanol–water partition coefficient (Wildman–Crippen LogP) is 4.36. The molecule has 0 aliphatic heterocycles. The van der Waals surface area contributed by atoms with Crippen molar-refractivity contribution in [2.45, 2.75) is 69.0 Å². The minimum absolute atomic E-state index is 0.0721. The molecule has 4 unspecified atom stereocenters. The normalized spacial score (nSPS) is 34.5. The number of alkyl halides is 4. The SMILES string of the molecule is CN(C(=O)C1CCCCC1C(F)(F)F)C1CCCCC1Cl. The molecule has 0 spiro atoms. The smallest absolute Gasteiger partial charge is 0.341 e. The Labute approximate surface area is 129 Å². The number of amides is 1. The third-order valence-electron chi connectivity index (χ3n) is 5.00. The fourth-order valence-electron chi connectivity index (χ4n) is 3.75. The summed E-state index contributed by atoms with van der Waals surface area (Å²) in [6, 6.07) is -0.122. The molecule has 1 amide bonds. The van der Waals surface area contributed by atoms with Crippen LogP contribution >= 0.6 is 11.6 Å². The van der Waals surface area contributed by atoms with Crippen molar-refractivity contribution < 1.29 is 18.0 Å². The Bertz CT molecular complexity index is 374. The summed E-state index contributed by atoms with van der Waals surface area (Å²) in [5.74, 6) is -2.78. The first-order chi connectivity index (χ1) is 9.82. The van der Waals surface area contributed by atoms with E-state index in [4.69, 9.17) is 11.6 Å². The molecule has 122 valence electrons. The van der Waals surface area contributed by atoms with Gasteiger partial charge in [-0.15, -0.1) is 11.6 Å². The second-order valence-corrected chi connectivity index (χ2v) is 6.92. The Morgan fingerprint density at radius 1 is 1.05 bits per heavy atom. The number of halogens is 4. The van der Waals surface area contributed by atoms with E-state index < -0.39 is 18.0 Å². The van der Waals surface area contributed by atoms with Gasteiger partial charge in [-0.2, -0.15) is 13.2 Å². The summed E-state index contributed by atoms with van der Waals surface area (Å²) in [4.78, 5) is 14.1. The van der Waals surface area contributed by atoms with E-state index in [0.29, 0.717) is 19.3 Å². The highest BCUT2D eigenvalue weighted by Gasteiger charge is 2.49. The van der Waals surface area contributed by atoms with Crippen molar-refractivity contribution in [2.24, 2.45) is 11.8 Å². The van der Waals surface area contributed by atoms with Crippen LogP contribution in [-0.4, -0.2) is 35.4 Å². The van der Waals surface area contributed by atoms with Crippen LogP contribution in [0.2, 0.25) is 0 Å². The van der Waals surface area contributed by atoms with Gasteiger partial charge in [-0.25, -0.2) is 0 Å². The van der Waals surface area contributed by atoms with Crippen LogP contribution in [-0.2, 0) is 4.79 Å². The second kappa shape index (κ2) is 6.76. The number of hydrogen-bond donors (Lipinski definition) is 0. The Balaban J connectivity index is 2.09. The molecular formula is C15H23ClF3NO. The highest BCUT2D eigenvalue weighted by molar-refractivity contribution is 6.21. The number of carbonyl (C=O) groups is 1. The predicted molar refractivity (Wildman–Crippen MR) is 76.2 cm³/mol. The van der Waals surface area contributed by atoms with Crippen LogP contribution in [0, 0.1) is 11.8 Å². The lowest BCUT2D eigenvalue weighted by molar-refractivity contribution is -0.201. The van der Waals surface area contributed by atoms with Crippen LogP contribution in [0.5, 0.6) is 0 Å². The average molecular weight is 326 g/mol. The molecule has 2 fully saturated rings. The van der Waals surface area contributed by atoms with Gasteiger partial charge in [0.2, 0.25) is 5.91 Å². The first-order valence-electron chi connectivity index (χ1n) is 7.80. The van der Waals surface area contributed by atoms with Gasteiger partial charge in [-0.1, -0.05) is 25.7 Å². The number of carbonyl (C=O) groups excluding carboxylic acids is 1. The lowest BCUT2D eigenvalue weighted by Gasteiger charge is -2.40. The topological polar surface area (TPSA) is 20.3 Å². The molecule has 0 aromatic rings. The Morgan fingerprint density at radius 2 is 1.62 bits per heavy atom. The molecular weight excluding hydrogens is 303 g/mol. The summed E-state index contributed by atoms with van der Waals surface area (Å²) < 4.78 is 39.4. The highest BCUT2D eigenvalue weighted by atomic mass is 35.5. The molecule has 2 rings (SSSR count). The number of rotatable bonds is 2. The van der Waals surface area contributed by atoms with Gasteiger partial charge in [0.05, 0.1) is 11.3 Å². The summed E-state index contributed by atoms with van der Waals surface area (Å²) in [6.07, 6.45) is 1.02.